The van der Waals surface area contributed by atoms with E-state index >= 15 is 0 Å². The fourth-order valence-corrected chi connectivity index (χ4v) is 2.54. The standard InChI is InChI=1S/C10H15NO4/c1-2-15-9(14)10-4-3-8(13)11(10)6-7(12)5-10/h7,12H,2-6H2,1H3/t7-,10-/m1/s1. The molecule has 0 aliphatic carbocycles. The summed E-state index contributed by atoms with van der Waals surface area (Å²) >= 11 is 0. The molecule has 2 fully saturated rings. The first-order chi connectivity index (χ1) is 7.10. The van der Waals surface area contributed by atoms with Crippen molar-refractivity contribution < 1.29 is 19.4 Å². The van der Waals surface area contributed by atoms with E-state index in [0.29, 0.717) is 25.9 Å². The number of esters is 1. The predicted molar refractivity (Wildman–Crippen MR) is 50.9 cm³/mol. The van der Waals surface area contributed by atoms with Crippen molar-refractivity contribution in [1.82, 2.24) is 4.90 Å². The Balaban J connectivity index is 2.24. The Kier molecular flexibility index (Phi) is 2.42. The number of hydrogen-bond acceptors (Lipinski definition) is 4. The number of carbonyl (C=O) groups is 2. The zero-order valence-electron chi connectivity index (χ0n) is 8.73. The average molecular weight is 213 g/mol. The molecule has 0 aromatic rings. The van der Waals surface area contributed by atoms with Crippen LogP contribution < -0.4 is 0 Å². The Morgan fingerprint density at radius 1 is 1.73 bits per heavy atom. The van der Waals surface area contributed by atoms with Crippen LogP contribution in [0.15, 0.2) is 0 Å². The number of carbonyl (C=O) groups excluding carboxylic acids is 2. The molecule has 2 atom stereocenters. The van der Waals surface area contributed by atoms with Gasteiger partial charge in [0.05, 0.1) is 12.7 Å². The van der Waals surface area contributed by atoms with Gasteiger partial charge >= 0.3 is 5.97 Å². The molecule has 2 aliphatic rings. The van der Waals surface area contributed by atoms with Gasteiger partial charge in [-0.05, 0) is 13.3 Å². The van der Waals surface area contributed by atoms with Crippen molar-refractivity contribution in [2.24, 2.45) is 0 Å². The Morgan fingerprint density at radius 3 is 3.13 bits per heavy atom. The maximum absolute atomic E-state index is 11.8. The van der Waals surface area contributed by atoms with E-state index in [0.717, 1.165) is 0 Å². The number of β-amino-alcohol motifs (C(OH)–C–C–N with tert-alkyl or cyclic N) is 1. The zero-order valence-corrected chi connectivity index (χ0v) is 8.73. The third-order valence-corrected chi connectivity index (χ3v) is 3.19. The van der Waals surface area contributed by atoms with Crippen molar-refractivity contribution in [2.45, 2.75) is 37.8 Å². The Hall–Kier alpha value is -1.10. The summed E-state index contributed by atoms with van der Waals surface area (Å²) < 4.78 is 4.98. The molecule has 0 aromatic heterocycles. The van der Waals surface area contributed by atoms with Gasteiger partial charge < -0.3 is 14.7 Å². The summed E-state index contributed by atoms with van der Waals surface area (Å²) in [5.74, 6) is -0.424. The largest absolute Gasteiger partial charge is 0.464 e. The molecule has 0 aromatic carbocycles. The minimum absolute atomic E-state index is 0.0559. The first-order valence-electron chi connectivity index (χ1n) is 5.26. The van der Waals surface area contributed by atoms with Crippen LogP contribution in [0.2, 0.25) is 0 Å². The van der Waals surface area contributed by atoms with Gasteiger partial charge in [-0.3, -0.25) is 4.79 Å². The average Bonchev–Trinajstić information content (AvgIpc) is 2.66. The summed E-state index contributed by atoms with van der Waals surface area (Å²) in [5.41, 5.74) is -0.869. The quantitative estimate of drug-likeness (QED) is 0.638. The van der Waals surface area contributed by atoms with Crippen LogP contribution in [0.5, 0.6) is 0 Å². The number of aliphatic hydroxyl groups is 1. The summed E-state index contributed by atoms with van der Waals surface area (Å²) in [4.78, 5) is 24.8. The van der Waals surface area contributed by atoms with Gasteiger partial charge in [-0.25, -0.2) is 4.79 Å². The SMILES string of the molecule is CCOC(=O)[C@]12CCC(=O)N1C[C@H](O)C2. The highest BCUT2D eigenvalue weighted by molar-refractivity contribution is 5.92. The lowest BCUT2D eigenvalue weighted by Crippen LogP contribution is -2.48. The van der Waals surface area contributed by atoms with Crippen LogP contribution >= 0.6 is 0 Å². The molecule has 2 heterocycles. The fraction of sp³-hybridized carbons (Fsp3) is 0.800. The molecule has 0 unspecified atom stereocenters. The molecule has 15 heavy (non-hydrogen) atoms. The number of amides is 1. The minimum Gasteiger partial charge on any atom is -0.464 e. The van der Waals surface area contributed by atoms with Gasteiger partial charge in [0.25, 0.3) is 0 Å². The monoisotopic (exact) mass is 213 g/mol. The van der Waals surface area contributed by atoms with Crippen LogP contribution in [0.25, 0.3) is 0 Å². The second-order valence-corrected chi connectivity index (χ2v) is 4.11. The number of fused-ring (bicyclic) bond motifs is 1. The molecule has 2 rings (SSSR count). The lowest BCUT2D eigenvalue weighted by Gasteiger charge is -2.28. The molecule has 0 saturated carbocycles. The number of nitrogens with zero attached hydrogens (tertiary/aromatic N) is 1. The maximum atomic E-state index is 11.8. The molecule has 5 heteroatoms. The number of ether oxygens (including phenoxy) is 1. The minimum atomic E-state index is -0.869. The van der Waals surface area contributed by atoms with Crippen LogP contribution in [0.3, 0.4) is 0 Å². The van der Waals surface area contributed by atoms with Gasteiger partial charge in [0, 0.05) is 19.4 Å². The molecule has 1 N–H and O–H groups in total. The van der Waals surface area contributed by atoms with E-state index in [1.54, 1.807) is 6.92 Å². The van der Waals surface area contributed by atoms with Crippen molar-refractivity contribution in [3.63, 3.8) is 0 Å². The van der Waals surface area contributed by atoms with Crippen LogP contribution in [0.1, 0.15) is 26.2 Å². The molecule has 0 spiro atoms. The molecule has 5 nitrogen and oxygen atoms in total. The second kappa shape index (κ2) is 3.48. The smallest absolute Gasteiger partial charge is 0.332 e. The molecule has 1 amide bonds. The Bertz CT molecular complexity index is 304. The molecule has 2 saturated heterocycles. The first-order valence-corrected chi connectivity index (χ1v) is 5.26. The molecule has 0 radical (unpaired) electrons. The molecule has 0 bridgehead atoms. The maximum Gasteiger partial charge on any atom is 0.332 e. The van der Waals surface area contributed by atoms with Gasteiger partial charge in [0.15, 0.2) is 0 Å². The Labute approximate surface area is 88.0 Å². The van der Waals surface area contributed by atoms with Gasteiger partial charge in [-0.15, -0.1) is 0 Å². The van der Waals surface area contributed by atoms with E-state index in [9.17, 15) is 14.7 Å². The van der Waals surface area contributed by atoms with Gasteiger partial charge in [0.1, 0.15) is 5.54 Å². The Morgan fingerprint density at radius 2 is 2.47 bits per heavy atom. The lowest BCUT2D eigenvalue weighted by atomic mass is 9.93. The zero-order chi connectivity index (χ0) is 11.1. The molecular weight excluding hydrogens is 198 g/mol. The van der Waals surface area contributed by atoms with Crippen molar-refractivity contribution in [2.75, 3.05) is 13.2 Å². The van der Waals surface area contributed by atoms with Gasteiger partial charge in [-0.1, -0.05) is 0 Å². The van der Waals surface area contributed by atoms with Crippen LogP contribution in [-0.4, -0.2) is 46.7 Å². The summed E-state index contributed by atoms with van der Waals surface area (Å²) in [6.45, 7) is 2.30. The van der Waals surface area contributed by atoms with Gasteiger partial charge in [0.2, 0.25) is 5.91 Å². The second-order valence-electron chi connectivity index (χ2n) is 4.11. The van der Waals surface area contributed by atoms with E-state index in [1.807, 2.05) is 0 Å². The normalized spacial score (nSPS) is 34.4. The van der Waals surface area contributed by atoms with Crippen molar-refractivity contribution in [3.05, 3.63) is 0 Å². The summed E-state index contributed by atoms with van der Waals surface area (Å²) in [7, 11) is 0. The highest BCUT2D eigenvalue weighted by atomic mass is 16.5. The number of hydrogen-bond donors (Lipinski definition) is 1. The summed E-state index contributed by atoms with van der Waals surface area (Å²) in [6.07, 6.45) is 0.573. The summed E-state index contributed by atoms with van der Waals surface area (Å²) in [5, 5.41) is 9.53. The van der Waals surface area contributed by atoms with Crippen LogP contribution in [0, 0.1) is 0 Å². The van der Waals surface area contributed by atoms with E-state index in [4.69, 9.17) is 4.74 Å². The predicted octanol–water partition coefficient (Wildman–Crippen LogP) is -0.325. The topological polar surface area (TPSA) is 66.8 Å². The molecular formula is C10H15NO4. The lowest BCUT2D eigenvalue weighted by molar-refractivity contribution is -0.157. The molecule has 2 aliphatic heterocycles. The van der Waals surface area contributed by atoms with E-state index in [-0.39, 0.29) is 18.4 Å². The van der Waals surface area contributed by atoms with E-state index in [1.165, 1.54) is 4.90 Å². The highest BCUT2D eigenvalue weighted by Gasteiger charge is 2.57. The van der Waals surface area contributed by atoms with Crippen LogP contribution in [0.4, 0.5) is 0 Å². The third-order valence-electron chi connectivity index (χ3n) is 3.19. The van der Waals surface area contributed by atoms with Crippen molar-refractivity contribution >= 4 is 11.9 Å². The molecule has 84 valence electrons. The van der Waals surface area contributed by atoms with Crippen LogP contribution in [-0.2, 0) is 14.3 Å². The van der Waals surface area contributed by atoms with Crippen molar-refractivity contribution in [1.29, 1.82) is 0 Å². The number of aliphatic hydroxyl groups excluding tert-OH is 1. The fourth-order valence-electron chi connectivity index (χ4n) is 2.54. The van der Waals surface area contributed by atoms with E-state index < -0.39 is 11.6 Å². The third kappa shape index (κ3) is 1.42. The van der Waals surface area contributed by atoms with Gasteiger partial charge in [-0.2, -0.15) is 0 Å². The van der Waals surface area contributed by atoms with E-state index in [2.05, 4.69) is 0 Å². The summed E-state index contributed by atoms with van der Waals surface area (Å²) in [6, 6.07) is 0. The highest BCUT2D eigenvalue weighted by Crippen LogP contribution is 2.40. The number of rotatable bonds is 2. The first kappa shape index (κ1) is 10.4. The van der Waals surface area contributed by atoms with Crippen molar-refractivity contribution in [3.8, 4) is 0 Å².